The van der Waals surface area contributed by atoms with Gasteiger partial charge in [-0.2, -0.15) is 0 Å². The van der Waals surface area contributed by atoms with E-state index in [0.29, 0.717) is 0 Å². The molecule has 2 saturated heterocycles. The van der Waals surface area contributed by atoms with Crippen LogP contribution in [0.1, 0.15) is 19.3 Å². The molecular weight excluding hydrogens is 204 g/mol. The number of piperidine rings is 1. The van der Waals surface area contributed by atoms with Crippen molar-refractivity contribution in [2.75, 3.05) is 39.8 Å². The molecule has 0 aliphatic carbocycles. The van der Waals surface area contributed by atoms with Gasteiger partial charge in [0.25, 0.3) is 0 Å². The number of aliphatic carboxylic acids is 1. The summed E-state index contributed by atoms with van der Waals surface area (Å²) in [7, 11) is 2.19. The highest BCUT2D eigenvalue weighted by Crippen LogP contribution is 2.31. The van der Waals surface area contributed by atoms with Gasteiger partial charge in [-0.15, -0.1) is 0 Å². The Morgan fingerprint density at radius 2 is 1.81 bits per heavy atom. The normalized spacial score (nSPS) is 29.7. The van der Waals surface area contributed by atoms with Gasteiger partial charge in [0, 0.05) is 6.54 Å². The average Bonchev–Trinajstić information content (AvgIpc) is 2.65. The van der Waals surface area contributed by atoms with E-state index in [-0.39, 0.29) is 6.54 Å². The molecule has 1 N–H and O–H groups in total. The third kappa shape index (κ3) is 2.95. The first kappa shape index (κ1) is 11.9. The highest BCUT2D eigenvalue weighted by molar-refractivity contribution is 5.69. The number of likely N-dealkylation sites (tertiary alicyclic amines) is 2. The number of rotatable bonds is 3. The Balaban J connectivity index is 1.74. The minimum absolute atomic E-state index is 0.220. The van der Waals surface area contributed by atoms with Crippen molar-refractivity contribution in [1.82, 2.24) is 9.80 Å². The van der Waals surface area contributed by atoms with Gasteiger partial charge in [0.05, 0.1) is 6.54 Å². The molecule has 2 rings (SSSR count). The van der Waals surface area contributed by atoms with Crippen LogP contribution in [0.5, 0.6) is 0 Å². The first-order valence-electron chi connectivity index (χ1n) is 6.28. The zero-order valence-corrected chi connectivity index (χ0v) is 10.1. The van der Waals surface area contributed by atoms with E-state index in [9.17, 15) is 4.79 Å². The van der Waals surface area contributed by atoms with Crippen molar-refractivity contribution < 1.29 is 9.90 Å². The molecular formula is C12H22N2O2. The molecule has 4 nitrogen and oxygen atoms in total. The van der Waals surface area contributed by atoms with Gasteiger partial charge in [0.1, 0.15) is 0 Å². The van der Waals surface area contributed by atoms with Gasteiger partial charge in [0.2, 0.25) is 0 Å². The van der Waals surface area contributed by atoms with E-state index in [0.717, 1.165) is 24.9 Å². The van der Waals surface area contributed by atoms with Gasteiger partial charge >= 0.3 is 5.97 Å². The number of hydrogen-bond donors (Lipinski definition) is 1. The quantitative estimate of drug-likeness (QED) is 0.770. The molecule has 0 amide bonds. The maximum absolute atomic E-state index is 10.6. The van der Waals surface area contributed by atoms with E-state index in [1.807, 2.05) is 0 Å². The lowest BCUT2D eigenvalue weighted by Gasteiger charge is -2.33. The molecule has 0 aromatic rings. The Morgan fingerprint density at radius 3 is 2.31 bits per heavy atom. The van der Waals surface area contributed by atoms with Gasteiger partial charge in [-0.1, -0.05) is 0 Å². The summed E-state index contributed by atoms with van der Waals surface area (Å²) in [5.41, 5.74) is 0. The number of hydrogen-bond acceptors (Lipinski definition) is 3. The third-order valence-corrected chi connectivity index (χ3v) is 4.09. The zero-order valence-electron chi connectivity index (χ0n) is 10.1. The van der Waals surface area contributed by atoms with Crippen LogP contribution in [0, 0.1) is 11.8 Å². The van der Waals surface area contributed by atoms with Crippen LogP contribution in [-0.4, -0.2) is 60.6 Å². The topological polar surface area (TPSA) is 43.8 Å². The first-order valence-corrected chi connectivity index (χ1v) is 6.28. The van der Waals surface area contributed by atoms with Crippen LogP contribution in [0.4, 0.5) is 0 Å². The summed E-state index contributed by atoms with van der Waals surface area (Å²) in [5.74, 6) is 0.992. The molecule has 16 heavy (non-hydrogen) atoms. The molecule has 1 unspecified atom stereocenters. The summed E-state index contributed by atoms with van der Waals surface area (Å²) < 4.78 is 0. The number of carboxylic acids is 1. The summed E-state index contributed by atoms with van der Waals surface area (Å²) in [6.45, 7) is 4.63. The van der Waals surface area contributed by atoms with Crippen molar-refractivity contribution in [2.45, 2.75) is 19.3 Å². The molecule has 2 fully saturated rings. The van der Waals surface area contributed by atoms with Crippen LogP contribution in [0.3, 0.4) is 0 Å². The smallest absolute Gasteiger partial charge is 0.317 e. The van der Waals surface area contributed by atoms with Crippen molar-refractivity contribution >= 4 is 5.97 Å². The highest BCUT2D eigenvalue weighted by atomic mass is 16.4. The minimum atomic E-state index is -0.695. The number of carboxylic acid groups (broad SMARTS) is 1. The fraction of sp³-hybridized carbons (Fsp3) is 0.917. The van der Waals surface area contributed by atoms with Crippen molar-refractivity contribution in [3.63, 3.8) is 0 Å². The summed E-state index contributed by atoms with van der Waals surface area (Å²) in [6, 6.07) is 0. The molecule has 2 heterocycles. The zero-order chi connectivity index (χ0) is 11.5. The summed E-state index contributed by atoms with van der Waals surface area (Å²) in [5, 5.41) is 8.73. The molecule has 0 saturated carbocycles. The monoisotopic (exact) mass is 226 g/mol. The molecule has 1 atom stereocenters. The van der Waals surface area contributed by atoms with Crippen molar-refractivity contribution in [1.29, 1.82) is 0 Å². The molecule has 0 aromatic heterocycles. The molecule has 2 aliphatic heterocycles. The van der Waals surface area contributed by atoms with Gasteiger partial charge in [-0.05, 0) is 57.8 Å². The van der Waals surface area contributed by atoms with Gasteiger partial charge in [0.15, 0.2) is 0 Å². The van der Waals surface area contributed by atoms with Crippen molar-refractivity contribution in [3.8, 4) is 0 Å². The lowest BCUT2D eigenvalue weighted by Crippen LogP contribution is -2.39. The van der Waals surface area contributed by atoms with Crippen LogP contribution in [0.2, 0.25) is 0 Å². The number of carbonyl (C=O) groups is 1. The Labute approximate surface area is 97.2 Å². The largest absolute Gasteiger partial charge is 0.480 e. The van der Waals surface area contributed by atoms with E-state index in [4.69, 9.17) is 5.11 Å². The maximum Gasteiger partial charge on any atom is 0.317 e. The van der Waals surface area contributed by atoms with Crippen LogP contribution in [0.15, 0.2) is 0 Å². The Hall–Kier alpha value is -0.610. The van der Waals surface area contributed by atoms with Crippen molar-refractivity contribution in [3.05, 3.63) is 0 Å². The molecule has 0 radical (unpaired) electrons. The molecule has 0 bridgehead atoms. The summed E-state index contributed by atoms with van der Waals surface area (Å²) >= 11 is 0. The van der Waals surface area contributed by atoms with E-state index in [1.165, 1.54) is 32.4 Å². The minimum Gasteiger partial charge on any atom is -0.480 e. The molecule has 0 spiro atoms. The Morgan fingerprint density at radius 1 is 1.19 bits per heavy atom. The second-order valence-corrected chi connectivity index (χ2v) is 5.32. The van der Waals surface area contributed by atoms with Crippen LogP contribution in [0.25, 0.3) is 0 Å². The Bertz CT molecular complexity index is 249. The lowest BCUT2D eigenvalue weighted by molar-refractivity contribution is -0.138. The average molecular weight is 226 g/mol. The van der Waals surface area contributed by atoms with Gasteiger partial charge in [-0.25, -0.2) is 0 Å². The second-order valence-electron chi connectivity index (χ2n) is 5.32. The van der Waals surface area contributed by atoms with Crippen LogP contribution in [-0.2, 0) is 4.79 Å². The fourth-order valence-corrected chi connectivity index (χ4v) is 3.13. The van der Waals surface area contributed by atoms with E-state index in [1.54, 1.807) is 0 Å². The second kappa shape index (κ2) is 5.15. The summed E-state index contributed by atoms with van der Waals surface area (Å²) in [6.07, 6.45) is 3.71. The number of nitrogens with zero attached hydrogens (tertiary/aromatic N) is 2. The van der Waals surface area contributed by atoms with E-state index < -0.39 is 5.97 Å². The van der Waals surface area contributed by atoms with Gasteiger partial charge in [-0.3, -0.25) is 9.69 Å². The molecule has 2 aliphatic rings. The van der Waals surface area contributed by atoms with Crippen LogP contribution < -0.4 is 0 Å². The predicted octanol–water partition coefficient (Wildman–Crippen LogP) is 0.735. The molecule has 92 valence electrons. The molecule has 0 aromatic carbocycles. The van der Waals surface area contributed by atoms with E-state index >= 15 is 0 Å². The van der Waals surface area contributed by atoms with E-state index in [2.05, 4.69) is 16.8 Å². The first-order chi connectivity index (χ1) is 7.65. The van der Waals surface area contributed by atoms with Crippen LogP contribution >= 0.6 is 0 Å². The van der Waals surface area contributed by atoms with Crippen molar-refractivity contribution in [2.24, 2.45) is 11.8 Å². The summed E-state index contributed by atoms with van der Waals surface area (Å²) in [4.78, 5) is 15.1. The highest BCUT2D eigenvalue weighted by Gasteiger charge is 2.30. The Kier molecular flexibility index (Phi) is 3.82. The maximum atomic E-state index is 10.6. The van der Waals surface area contributed by atoms with Gasteiger partial charge < -0.3 is 10.0 Å². The predicted molar refractivity (Wildman–Crippen MR) is 62.4 cm³/mol. The molecule has 4 heteroatoms. The lowest BCUT2D eigenvalue weighted by atomic mass is 9.84. The SMILES string of the molecule is CN1CCC(C2CCN(CC(=O)O)CC2)C1. The fourth-order valence-electron chi connectivity index (χ4n) is 3.13. The third-order valence-electron chi connectivity index (χ3n) is 4.09. The standard InChI is InChI=1S/C12H22N2O2/c1-13-5-2-11(8-13)10-3-6-14(7-4-10)9-12(15)16/h10-11H,2-9H2,1H3,(H,15,16).